The van der Waals surface area contributed by atoms with Crippen LogP contribution in [-0.2, 0) is 4.74 Å². The van der Waals surface area contributed by atoms with E-state index in [1.54, 1.807) is 0 Å². The predicted octanol–water partition coefficient (Wildman–Crippen LogP) is 4.07. The molecule has 5 heteroatoms. The van der Waals surface area contributed by atoms with Gasteiger partial charge in [-0.1, -0.05) is 29.6 Å². The van der Waals surface area contributed by atoms with Gasteiger partial charge in [0.2, 0.25) is 0 Å². The minimum Gasteiger partial charge on any atom is -0.459 e. The molecule has 2 N–H and O–H groups in total. The summed E-state index contributed by atoms with van der Waals surface area (Å²) in [6.45, 7) is 0. The van der Waals surface area contributed by atoms with E-state index >= 15 is 0 Å². The molecule has 0 atom stereocenters. The Balaban J connectivity index is 2.13. The number of halogens is 2. The van der Waals surface area contributed by atoms with Gasteiger partial charge >= 0.3 is 5.97 Å². The number of ether oxygens (including phenoxy) is 1. The highest BCUT2D eigenvalue weighted by molar-refractivity contribution is 6.44. The third-order valence-corrected chi connectivity index (χ3v) is 3.90. The second-order valence-corrected chi connectivity index (χ2v) is 5.31. The molecule has 0 bridgehead atoms. The van der Waals surface area contributed by atoms with E-state index in [1.165, 1.54) is 18.6 Å². The molecular weight excluding hydrogens is 273 g/mol. The van der Waals surface area contributed by atoms with Gasteiger partial charge in [-0.3, -0.25) is 0 Å². The molecule has 1 aliphatic carbocycles. The van der Waals surface area contributed by atoms with Gasteiger partial charge in [-0.2, -0.15) is 0 Å². The SMILES string of the molecule is Nc1cc(Cl)c(Cl)c(C(=O)OC2CCCCC2)c1. The van der Waals surface area contributed by atoms with Gasteiger partial charge in [0, 0.05) is 5.69 Å². The van der Waals surface area contributed by atoms with E-state index < -0.39 is 5.97 Å². The Morgan fingerprint density at radius 1 is 1.22 bits per heavy atom. The van der Waals surface area contributed by atoms with Crippen molar-refractivity contribution in [2.24, 2.45) is 0 Å². The fourth-order valence-electron chi connectivity index (χ4n) is 2.16. The van der Waals surface area contributed by atoms with Crippen LogP contribution >= 0.6 is 23.2 Å². The highest BCUT2D eigenvalue weighted by Crippen LogP contribution is 2.30. The molecule has 1 aromatic rings. The summed E-state index contributed by atoms with van der Waals surface area (Å²) in [6.07, 6.45) is 5.23. The first-order valence-electron chi connectivity index (χ1n) is 6.03. The third kappa shape index (κ3) is 3.09. The van der Waals surface area contributed by atoms with E-state index in [9.17, 15) is 4.79 Å². The average Bonchev–Trinajstić information content (AvgIpc) is 2.35. The molecule has 0 aromatic heterocycles. The zero-order valence-corrected chi connectivity index (χ0v) is 11.4. The molecule has 0 heterocycles. The van der Waals surface area contributed by atoms with Crippen molar-refractivity contribution in [3.8, 4) is 0 Å². The molecule has 18 heavy (non-hydrogen) atoms. The summed E-state index contributed by atoms with van der Waals surface area (Å²) in [5.74, 6) is -0.443. The summed E-state index contributed by atoms with van der Waals surface area (Å²) in [5, 5.41) is 0.471. The zero-order chi connectivity index (χ0) is 13.1. The number of anilines is 1. The monoisotopic (exact) mass is 287 g/mol. The lowest BCUT2D eigenvalue weighted by Crippen LogP contribution is -2.21. The number of rotatable bonds is 2. The third-order valence-electron chi connectivity index (χ3n) is 3.10. The quantitative estimate of drug-likeness (QED) is 0.659. The molecule has 1 saturated carbocycles. The molecule has 0 saturated heterocycles. The van der Waals surface area contributed by atoms with Crippen LogP contribution < -0.4 is 5.73 Å². The maximum atomic E-state index is 12.0. The van der Waals surface area contributed by atoms with E-state index in [4.69, 9.17) is 33.7 Å². The van der Waals surface area contributed by atoms with Gasteiger partial charge in [-0.25, -0.2) is 4.79 Å². The standard InChI is InChI=1S/C13H15Cl2NO2/c14-11-7-8(16)6-10(12(11)15)13(17)18-9-4-2-1-3-5-9/h6-7,9H,1-5,16H2. The fraction of sp³-hybridized carbons (Fsp3) is 0.462. The van der Waals surface area contributed by atoms with E-state index in [-0.39, 0.29) is 21.7 Å². The van der Waals surface area contributed by atoms with E-state index in [0.29, 0.717) is 5.69 Å². The lowest BCUT2D eigenvalue weighted by atomic mass is 9.98. The molecule has 0 unspecified atom stereocenters. The largest absolute Gasteiger partial charge is 0.459 e. The molecule has 2 rings (SSSR count). The van der Waals surface area contributed by atoms with Crippen LogP contribution in [0.5, 0.6) is 0 Å². The number of nitrogens with two attached hydrogens (primary N) is 1. The lowest BCUT2D eigenvalue weighted by Gasteiger charge is -2.22. The fourth-order valence-corrected chi connectivity index (χ4v) is 2.57. The molecule has 1 fully saturated rings. The summed E-state index contributed by atoms with van der Waals surface area (Å²) in [6, 6.07) is 3.01. The van der Waals surface area contributed by atoms with Crippen LogP contribution in [0, 0.1) is 0 Å². The molecule has 98 valence electrons. The molecule has 0 aliphatic heterocycles. The number of hydrogen-bond donors (Lipinski definition) is 1. The minimum absolute atomic E-state index is 0.0116. The van der Waals surface area contributed by atoms with Gasteiger partial charge in [-0.15, -0.1) is 0 Å². The van der Waals surface area contributed by atoms with Gasteiger partial charge in [0.05, 0.1) is 15.6 Å². The number of nitrogen functional groups attached to an aromatic ring is 1. The van der Waals surface area contributed by atoms with Crippen LogP contribution in [0.4, 0.5) is 5.69 Å². The Labute approximate surface area is 116 Å². The van der Waals surface area contributed by atoms with Crippen LogP contribution in [0.2, 0.25) is 10.0 Å². The smallest absolute Gasteiger partial charge is 0.340 e. The van der Waals surface area contributed by atoms with E-state index in [0.717, 1.165) is 25.7 Å². The highest BCUT2D eigenvalue weighted by atomic mass is 35.5. The van der Waals surface area contributed by atoms with Crippen molar-refractivity contribution in [2.45, 2.75) is 38.2 Å². The maximum absolute atomic E-state index is 12.0. The topological polar surface area (TPSA) is 52.3 Å². The van der Waals surface area contributed by atoms with Crippen molar-refractivity contribution in [3.63, 3.8) is 0 Å². The molecule has 0 spiro atoms. The minimum atomic E-state index is -0.443. The van der Waals surface area contributed by atoms with Crippen molar-refractivity contribution in [1.29, 1.82) is 0 Å². The second kappa shape index (κ2) is 5.81. The number of benzene rings is 1. The molecule has 1 aromatic carbocycles. The number of carbonyl (C=O) groups excluding carboxylic acids is 1. The van der Waals surface area contributed by atoms with Crippen molar-refractivity contribution >= 4 is 34.9 Å². The number of esters is 1. The molecule has 0 amide bonds. The Kier molecular flexibility index (Phi) is 4.36. The first kappa shape index (κ1) is 13.5. The summed E-state index contributed by atoms with van der Waals surface area (Å²) < 4.78 is 5.43. The van der Waals surface area contributed by atoms with E-state index in [1.807, 2.05) is 0 Å². The first-order valence-corrected chi connectivity index (χ1v) is 6.79. The molecule has 0 radical (unpaired) electrons. The van der Waals surface area contributed by atoms with E-state index in [2.05, 4.69) is 0 Å². The van der Waals surface area contributed by atoms with Crippen molar-refractivity contribution in [1.82, 2.24) is 0 Å². The normalized spacial score (nSPS) is 16.6. The molecule has 1 aliphatic rings. The Morgan fingerprint density at radius 2 is 1.89 bits per heavy atom. The Hall–Kier alpha value is -0.930. The summed E-state index contributed by atoms with van der Waals surface area (Å²) in [7, 11) is 0. The van der Waals surface area contributed by atoms with Gasteiger partial charge in [0.25, 0.3) is 0 Å². The Morgan fingerprint density at radius 3 is 2.56 bits per heavy atom. The average molecular weight is 288 g/mol. The number of hydrogen-bond acceptors (Lipinski definition) is 3. The summed E-state index contributed by atoms with van der Waals surface area (Å²) >= 11 is 11.9. The van der Waals surface area contributed by atoms with Crippen LogP contribution in [0.3, 0.4) is 0 Å². The van der Waals surface area contributed by atoms with Crippen molar-refractivity contribution in [2.75, 3.05) is 5.73 Å². The van der Waals surface area contributed by atoms with Gasteiger partial charge in [0.15, 0.2) is 0 Å². The maximum Gasteiger partial charge on any atom is 0.340 e. The van der Waals surface area contributed by atoms with Crippen molar-refractivity contribution < 1.29 is 9.53 Å². The zero-order valence-electron chi connectivity index (χ0n) is 9.92. The Bertz CT molecular complexity index is 457. The highest BCUT2D eigenvalue weighted by Gasteiger charge is 2.21. The predicted molar refractivity (Wildman–Crippen MR) is 73.2 cm³/mol. The van der Waals surface area contributed by atoms with Crippen LogP contribution in [0.25, 0.3) is 0 Å². The van der Waals surface area contributed by atoms with Crippen molar-refractivity contribution in [3.05, 3.63) is 27.7 Å². The molecular formula is C13H15Cl2NO2. The van der Waals surface area contributed by atoms with Gasteiger partial charge in [-0.05, 0) is 37.8 Å². The first-order chi connectivity index (χ1) is 8.58. The van der Waals surface area contributed by atoms with Crippen LogP contribution in [0.1, 0.15) is 42.5 Å². The van der Waals surface area contributed by atoms with Gasteiger partial charge in [0.1, 0.15) is 6.10 Å². The van der Waals surface area contributed by atoms with Crippen LogP contribution in [-0.4, -0.2) is 12.1 Å². The second-order valence-electron chi connectivity index (χ2n) is 4.53. The van der Waals surface area contributed by atoms with Crippen LogP contribution in [0.15, 0.2) is 12.1 Å². The lowest BCUT2D eigenvalue weighted by molar-refractivity contribution is 0.0211. The number of carbonyl (C=O) groups is 1. The van der Waals surface area contributed by atoms with Gasteiger partial charge < -0.3 is 10.5 Å². The summed E-state index contributed by atoms with van der Waals surface area (Å²) in [5.41, 5.74) is 6.29. The summed E-state index contributed by atoms with van der Waals surface area (Å²) in [4.78, 5) is 12.0. The molecule has 3 nitrogen and oxygen atoms in total.